The van der Waals surface area contributed by atoms with Crippen molar-refractivity contribution in [2.24, 2.45) is 0 Å². The molecule has 3 amide bonds. The van der Waals surface area contributed by atoms with Crippen LogP contribution in [0.25, 0.3) is 11.1 Å². The van der Waals surface area contributed by atoms with Crippen molar-refractivity contribution in [3.63, 3.8) is 0 Å². The minimum Gasteiger partial charge on any atom is -0.481 e. The normalized spacial score (nSPS) is 16.9. The molecule has 166 valence electrons. The minimum atomic E-state index is -1.39. The molecule has 0 fully saturated rings. The van der Waals surface area contributed by atoms with Crippen molar-refractivity contribution >= 4 is 23.7 Å². The predicted octanol–water partition coefficient (Wildman–Crippen LogP) is 2.62. The number of ketones is 1. The van der Waals surface area contributed by atoms with E-state index in [1.807, 2.05) is 0 Å². The number of carbonyl (C=O) groups excluding carboxylic acids is 3. The highest BCUT2D eigenvalue weighted by Crippen LogP contribution is 2.25. The summed E-state index contributed by atoms with van der Waals surface area (Å²) in [6.45, 7) is 1.53. The lowest BCUT2D eigenvalue weighted by Gasteiger charge is -2.27. The fourth-order valence-electron chi connectivity index (χ4n) is 3.42. The molecule has 3 rings (SSSR count). The zero-order valence-electron chi connectivity index (χ0n) is 17.5. The van der Waals surface area contributed by atoms with E-state index in [2.05, 4.69) is 10.6 Å². The number of amides is 3. The summed E-state index contributed by atoms with van der Waals surface area (Å²) in [5.74, 6) is -2.65. The topological polar surface area (TPSA) is 116 Å². The van der Waals surface area contributed by atoms with Gasteiger partial charge in [0.1, 0.15) is 5.82 Å². The monoisotopic (exact) mass is 439 g/mol. The molecule has 0 saturated heterocycles. The smallest absolute Gasteiger partial charge is 0.316 e. The third kappa shape index (κ3) is 5.18. The van der Waals surface area contributed by atoms with Gasteiger partial charge in [0, 0.05) is 18.8 Å². The van der Waals surface area contributed by atoms with Crippen LogP contribution in [-0.4, -0.2) is 46.8 Å². The number of carbonyl (C=O) groups is 4. The number of carboxylic acids is 1. The van der Waals surface area contributed by atoms with Gasteiger partial charge in [-0.15, -0.1) is 0 Å². The van der Waals surface area contributed by atoms with Crippen LogP contribution in [0.5, 0.6) is 0 Å². The van der Waals surface area contributed by atoms with Crippen LogP contribution in [0.15, 0.2) is 60.3 Å². The number of Topliss-reactive ketones (excluding diaryl/α,β-unsaturated/α-hetero) is 1. The molecule has 1 aliphatic rings. The Morgan fingerprint density at radius 1 is 1.12 bits per heavy atom. The van der Waals surface area contributed by atoms with Crippen molar-refractivity contribution in [2.45, 2.75) is 25.4 Å². The highest BCUT2D eigenvalue weighted by Gasteiger charge is 2.35. The molecule has 2 unspecified atom stereocenters. The molecule has 0 spiro atoms. The molecule has 8 nitrogen and oxygen atoms in total. The molecule has 0 saturated carbocycles. The van der Waals surface area contributed by atoms with Crippen LogP contribution in [0.3, 0.4) is 0 Å². The maximum Gasteiger partial charge on any atom is 0.316 e. The molecule has 32 heavy (non-hydrogen) atoms. The molecule has 2 aromatic rings. The van der Waals surface area contributed by atoms with Crippen molar-refractivity contribution in [1.29, 1.82) is 0 Å². The van der Waals surface area contributed by atoms with E-state index in [-0.39, 0.29) is 5.82 Å². The number of rotatable bonds is 6. The van der Waals surface area contributed by atoms with Crippen LogP contribution in [-0.2, 0) is 14.4 Å². The number of likely N-dealkylation sites (N-methyl/N-ethyl adjacent to an activating group) is 1. The summed E-state index contributed by atoms with van der Waals surface area (Å²) in [6.07, 6.45) is 0.959. The largest absolute Gasteiger partial charge is 0.481 e. The van der Waals surface area contributed by atoms with Crippen molar-refractivity contribution in [1.82, 2.24) is 15.5 Å². The molecule has 1 aliphatic heterocycles. The van der Waals surface area contributed by atoms with Gasteiger partial charge in [0.2, 0.25) is 0 Å². The van der Waals surface area contributed by atoms with E-state index in [1.54, 1.807) is 36.4 Å². The molecule has 2 atom stereocenters. The summed E-state index contributed by atoms with van der Waals surface area (Å²) in [4.78, 5) is 49.8. The highest BCUT2D eigenvalue weighted by molar-refractivity contribution is 6.16. The number of hydrogen-bond acceptors (Lipinski definition) is 4. The van der Waals surface area contributed by atoms with Gasteiger partial charge >= 0.3 is 12.0 Å². The fraction of sp³-hybridized carbons (Fsp3) is 0.217. The van der Waals surface area contributed by atoms with Gasteiger partial charge in [-0.05, 0) is 41.8 Å². The lowest BCUT2D eigenvalue weighted by molar-refractivity contribution is -0.138. The quantitative estimate of drug-likeness (QED) is 0.599. The average Bonchev–Trinajstić information content (AvgIpc) is 2.75. The average molecular weight is 439 g/mol. The van der Waals surface area contributed by atoms with Crippen molar-refractivity contribution in [2.75, 3.05) is 7.05 Å². The first-order valence-corrected chi connectivity index (χ1v) is 9.79. The van der Waals surface area contributed by atoms with Crippen LogP contribution in [0, 0.1) is 5.82 Å². The van der Waals surface area contributed by atoms with Crippen LogP contribution in [0.2, 0.25) is 0 Å². The van der Waals surface area contributed by atoms with Gasteiger partial charge in [0.05, 0.1) is 12.5 Å². The van der Waals surface area contributed by atoms with E-state index in [9.17, 15) is 28.7 Å². The molecular weight excluding hydrogens is 417 g/mol. The maximum atomic E-state index is 13.2. The Labute approximate surface area is 183 Å². The number of nitrogens with one attached hydrogen (secondary N) is 2. The number of aliphatic carboxylic acids is 1. The molecular formula is C23H22FN3O5. The van der Waals surface area contributed by atoms with Gasteiger partial charge in [0.25, 0.3) is 5.91 Å². The fourth-order valence-corrected chi connectivity index (χ4v) is 3.42. The third-order valence-corrected chi connectivity index (χ3v) is 5.06. The summed E-state index contributed by atoms with van der Waals surface area (Å²) in [5.41, 5.74) is 2.24. The molecule has 9 heteroatoms. The standard InChI is InChI=1S/C23H22FN3O5/c1-13-12-27(2)22(31)20(21(13)30)26-23(32)25-18(11-19(28)29)16-5-3-4-15(10-16)14-6-8-17(24)9-7-14/h3-10,12,18,20H,11H2,1-2H3,(H,28,29)(H2,25,26,32). The van der Waals surface area contributed by atoms with Gasteiger partial charge in [-0.3, -0.25) is 14.4 Å². The molecule has 0 bridgehead atoms. The Morgan fingerprint density at radius 2 is 1.81 bits per heavy atom. The van der Waals surface area contributed by atoms with Crippen molar-refractivity contribution in [3.8, 4) is 11.1 Å². The highest BCUT2D eigenvalue weighted by atomic mass is 19.1. The zero-order chi connectivity index (χ0) is 23.4. The Bertz CT molecular complexity index is 1100. The second-order valence-corrected chi connectivity index (χ2v) is 7.46. The summed E-state index contributed by atoms with van der Waals surface area (Å²) in [7, 11) is 1.47. The van der Waals surface area contributed by atoms with E-state index in [4.69, 9.17) is 0 Å². The number of urea groups is 1. The van der Waals surface area contributed by atoms with Crippen molar-refractivity contribution < 1.29 is 28.7 Å². The van der Waals surface area contributed by atoms with Crippen LogP contribution in [0.1, 0.15) is 24.9 Å². The first kappa shape index (κ1) is 22.7. The van der Waals surface area contributed by atoms with E-state index in [0.717, 1.165) is 5.56 Å². The Balaban J connectivity index is 1.81. The van der Waals surface area contributed by atoms with Crippen LogP contribution >= 0.6 is 0 Å². The maximum absolute atomic E-state index is 13.2. The van der Waals surface area contributed by atoms with Crippen LogP contribution in [0.4, 0.5) is 9.18 Å². The van der Waals surface area contributed by atoms with E-state index < -0.39 is 42.2 Å². The van der Waals surface area contributed by atoms with Gasteiger partial charge in [-0.2, -0.15) is 0 Å². The molecule has 0 aromatic heterocycles. The van der Waals surface area contributed by atoms with E-state index >= 15 is 0 Å². The lowest BCUT2D eigenvalue weighted by Crippen LogP contribution is -2.56. The molecule has 3 N–H and O–H groups in total. The summed E-state index contributed by atoms with van der Waals surface area (Å²) in [6, 6.07) is 9.45. The number of carboxylic acid groups (broad SMARTS) is 1. The van der Waals surface area contributed by atoms with Gasteiger partial charge in [-0.25, -0.2) is 9.18 Å². The van der Waals surface area contributed by atoms with Gasteiger partial charge in [0.15, 0.2) is 11.8 Å². The molecule has 0 radical (unpaired) electrons. The third-order valence-electron chi connectivity index (χ3n) is 5.06. The zero-order valence-corrected chi connectivity index (χ0v) is 17.5. The molecule has 0 aliphatic carbocycles. The molecule has 2 aromatic carbocycles. The number of hydrogen-bond donors (Lipinski definition) is 3. The van der Waals surface area contributed by atoms with E-state index in [0.29, 0.717) is 16.7 Å². The van der Waals surface area contributed by atoms with Crippen molar-refractivity contribution in [3.05, 3.63) is 71.7 Å². The summed E-state index contributed by atoms with van der Waals surface area (Å²) >= 11 is 0. The van der Waals surface area contributed by atoms with Crippen LogP contribution < -0.4 is 10.6 Å². The SMILES string of the molecule is CC1=CN(C)C(=O)C(NC(=O)NC(CC(=O)O)c2cccc(-c3ccc(F)cc3)c2)C1=O. The van der Waals surface area contributed by atoms with E-state index in [1.165, 1.54) is 37.2 Å². The second-order valence-electron chi connectivity index (χ2n) is 7.46. The lowest BCUT2D eigenvalue weighted by atomic mass is 9.98. The summed E-state index contributed by atoms with van der Waals surface area (Å²) in [5, 5.41) is 14.2. The summed E-state index contributed by atoms with van der Waals surface area (Å²) < 4.78 is 13.2. The number of halogens is 1. The Morgan fingerprint density at radius 3 is 2.47 bits per heavy atom. The second kappa shape index (κ2) is 9.42. The first-order chi connectivity index (χ1) is 15.2. The molecule has 1 heterocycles. The predicted molar refractivity (Wildman–Crippen MR) is 114 cm³/mol. The van der Waals surface area contributed by atoms with Gasteiger partial charge in [-0.1, -0.05) is 30.3 Å². The Hall–Kier alpha value is -4.01. The first-order valence-electron chi connectivity index (χ1n) is 9.79. The minimum absolute atomic E-state index is 0.312. The Kier molecular flexibility index (Phi) is 6.67. The number of benzene rings is 2. The van der Waals surface area contributed by atoms with Gasteiger partial charge < -0.3 is 20.6 Å². The number of nitrogens with zero attached hydrogens (tertiary/aromatic N) is 1.